The molecule has 3 heterocycles. The van der Waals surface area contributed by atoms with E-state index in [9.17, 15) is 8.42 Å². The van der Waals surface area contributed by atoms with E-state index in [1.165, 1.54) is 12.6 Å². The van der Waals surface area contributed by atoms with E-state index in [0.29, 0.717) is 61.7 Å². The maximum Gasteiger partial charge on any atom is 0.229 e. The number of nitrogens with zero attached hydrogens (tertiary/aromatic N) is 5. The molecule has 10 heteroatoms. The lowest BCUT2D eigenvalue weighted by Crippen LogP contribution is -2.37. The van der Waals surface area contributed by atoms with E-state index < -0.39 is 9.84 Å². The summed E-state index contributed by atoms with van der Waals surface area (Å²) in [6.07, 6.45) is 6.60. The quantitative estimate of drug-likeness (QED) is 0.542. The van der Waals surface area contributed by atoms with Crippen LogP contribution in [0.25, 0.3) is 11.3 Å². The molecule has 162 valence electrons. The smallest absolute Gasteiger partial charge is 0.229 e. The highest BCUT2D eigenvalue weighted by Crippen LogP contribution is 2.24. The fourth-order valence-electron chi connectivity index (χ4n) is 3.18. The monoisotopic (exact) mass is 441 g/mol. The van der Waals surface area contributed by atoms with Crippen LogP contribution in [0.3, 0.4) is 0 Å². The average molecular weight is 442 g/mol. The molecular weight excluding hydrogens is 418 g/mol. The van der Waals surface area contributed by atoms with Gasteiger partial charge >= 0.3 is 0 Å². The third-order valence-corrected chi connectivity index (χ3v) is 5.92. The summed E-state index contributed by atoms with van der Waals surface area (Å²) in [7, 11) is -3.25. The Balaban J connectivity index is 1.53. The number of hydrogen-bond donors (Lipinski definition) is 0. The minimum atomic E-state index is -3.25. The van der Waals surface area contributed by atoms with Crippen molar-refractivity contribution in [2.24, 2.45) is 0 Å². The molecule has 1 fully saturated rings. The van der Waals surface area contributed by atoms with Crippen LogP contribution in [-0.4, -0.2) is 67.5 Å². The van der Waals surface area contributed by atoms with Crippen molar-refractivity contribution in [3.63, 3.8) is 0 Å². The van der Waals surface area contributed by atoms with Gasteiger partial charge in [-0.2, -0.15) is 4.98 Å². The van der Waals surface area contributed by atoms with Gasteiger partial charge in [0, 0.05) is 49.8 Å². The van der Waals surface area contributed by atoms with Crippen LogP contribution in [0, 0.1) is 0 Å². The average Bonchev–Trinajstić information content (AvgIpc) is 2.80. The summed E-state index contributed by atoms with van der Waals surface area (Å²) in [5.74, 6) is 1.01. The second-order valence-corrected chi connectivity index (χ2v) is 9.15. The van der Waals surface area contributed by atoms with Crippen molar-refractivity contribution >= 4 is 15.8 Å². The first kappa shape index (κ1) is 21.1. The van der Waals surface area contributed by atoms with Crippen molar-refractivity contribution in [2.45, 2.75) is 11.3 Å². The Morgan fingerprint density at radius 2 is 1.87 bits per heavy atom. The van der Waals surface area contributed by atoms with Crippen molar-refractivity contribution < 1.29 is 17.9 Å². The van der Waals surface area contributed by atoms with Crippen LogP contribution in [0.5, 0.6) is 5.88 Å². The van der Waals surface area contributed by atoms with Crippen LogP contribution in [0.4, 0.5) is 5.95 Å². The van der Waals surface area contributed by atoms with E-state index in [2.05, 4.69) is 24.8 Å². The zero-order chi connectivity index (χ0) is 21.7. The number of benzene rings is 1. The van der Waals surface area contributed by atoms with Gasteiger partial charge in [0.1, 0.15) is 6.33 Å². The lowest BCUT2D eigenvalue weighted by atomic mass is 10.2. The fraction of sp³-hybridized carbons (Fsp3) is 0.333. The molecule has 1 aliphatic heterocycles. The molecule has 3 aromatic rings. The lowest BCUT2D eigenvalue weighted by Gasteiger charge is -2.27. The molecule has 31 heavy (non-hydrogen) atoms. The largest absolute Gasteiger partial charge is 0.477 e. The second kappa shape index (κ2) is 9.36. The van der Waals surface area contributed by atoms with E-state index in [1.807, 2.05) is 6.07 Å². The van der Waals surface area contributed by atoms with Gasteiger partial charge in [0.2, 0.25) is 11.8 Å². The third kappa shape index (κ3) is 5.53. The Morgan fingerprint density at radius 3 is 2.61 bits per heavy atom. The highest BCUT2D eigenvalue weighted by Gasteiger charge is 2.17. The Labute approximate surface area is 181 Å². The minimum Gasteiger partial charge on any atom is -0.477 e. The molecule has 4 rings (SSSR count). The number of aromatic nitrogens is 4. The summed E-state index contributed by atoms with van der Waals surface area (Å²) < 4.78 is 34.9. The van der Waals surface area contributed by atoms with E-state index in [1.54, 1.807) is 36.7 Å². The van der Waals surface area contributed by atoms with Crippen LogP contribution in [0.15, 0.2) is 53.9 Å². The zero-order valence-electron chi connectivity index (χ0n) is 17.1. The summed E-state index contributed by atoms with van der Waals surface area (Å²) in [5, 5.41) is 0. The lowest BCUT2D eigenvalue weighted by molar-refractivity contribution is 0.122. The van der Waals surface area contributed by atoms with Crippen molar-refractivity contribution in [1.82, 2.24) is 19.9 Å². The number of sulfone groups is 1. The predicted molar refractivity (Wildman–Crippen MR) is 115 cm³/mol. The molecule has 0 bridgehead atoms. The van der Waals surface area contributed by atoms with Gasteiger partial charge in [-0.1, -0.05) is 12.1 Å². The van der Waals surface area contributed by atoms with Gasteiger partial charge in [-0.05, 0) is 17.7 Å². The first-order chi connectivity index (χ1) is 15.0. The Hall–Kier alpha value is -3.11. The fourth-order valence-corrected chi connectivity index (χ4v) is 3.87. The first-order valence-electron chi connectivity index (χ1n) is 9.88. The highest BCUT2D eigenvalue weighted by atomic mass is 32.2. The molecule has 0 N–H and O–H groups in total. The SMILES string of the molecule is CS(=O)(=O)c1cccc(CCOc2cc(-c3cncnc3)nc(N3CCOCC3)n2)c1. The topological polar surface area (TPSA) is 107 Å². The first-order valence-corrected chi connectivity index (χ1v) is 11.8. The summed E-state index contributed by atoms with van der Waals surface area (Å²) in [6, 6.07) is 8.64. The number of hydrogen-bond acceptors (Lipinski definition) is 9. The Kier molecular flexibility index (Phi) is 6.38. The number of morpholine rings is 1. The van der Waals surface area contributed by atoms with Gasteiger partial charge in [-0.15, -0.1) is 0 Å². The number of anilines is 1. The van der Waals surface area contributed by atoms with Gasteiger partial charge in [0.05, 0.1) is 30.4 Å². The van der Waals surface area contributed by atoms with Crippen LogP contribution in [-0.2, 0) is 21.0 Å². The molecule has 0 saturated carbocycles. The zero-order valence-corrected chi connectivity index (χ0v) is 18.0. The summed E-state index contributed by atoms with van der Waals surface area (Å²) >= 11 is 0. The standard InChI is InChI=1S/C21H23N5O4S/c1-31(27,28)18-4-2-3-16(11-18)5-8-30-20-12-19(17-13-22-15-23-14-17)24-21(25-20)26-6-9-29-10-7-26/h2-4,11-15H,5-10H2,1H3. The van der Waals surface area contributed by atoms with Crippen molar-refractivity contribution in [2.75, 3.05) is 44.1 Å². The summed E-state index contributed by atoms with van der Waals surface area (Å²) in [5.41, 5.74) is 2.32. The molecule has 2 aromatic heterocycles. The van der Waals surface area contributed by atoms with E-state index in [-0.39, 0.29) is 0 Å². The van der Waals surface area contributed by atoms with E-state index in [4.69, 9.17) is 9.47 Å². The normalized spacial score (nSPS) is 14.4. The number of rotatable bonds is 7. The maximum atomic E-state index is 11.8. The van der Waals surface area contributed by atoms with Gasteiger partial charge in [-0.25, -0.2) is 23.4 Å². The van der Waals surface area contributed by atoms with E-state index in [0.717, 1.165) is 11.1 Å². The molecule has 0 atom stereocenters. The van der Waals surface area contributed by atoms with Crippen molar-refractivity contribution in [3.05, 3.63) is 54.6 Å². The Bertz CT molecular complexity index is 1140. The molecule has 1 aliphatic rings. The van der Waals surface area contributed by atoms with Crippen LogP contribution in [0.2, 0.25) is 0 Å². The summed E-state index contributed by atoms with van der Waals surface area (Å²) in [4.78, 5) is 19.7. The molecule has 0 radical (unpaired) electrons. The van der Waals surface area contributed by atoms with Crippen molar-refractivity contribution in [3.8, 4) is 17.1 Å². The molecule has 0 amide bonds. The van der Waals surface area contributed by atoms with Crippen molar-refractivity contribution in [1.29, 1.82) is 0 Å². The molecule has 0 aliphatic carbocycles. The molecule has 0 spiro atoms. The molecular formula is C21H23N5O4S. The predicted octanol–water partition coefficient (Wildman–Crippen LogP) is 1.80. The van der Waals surface area contributed by atoms with Gasteiger partial charge in [0.25, 0.3) is 0 Å². The van der Waals surface area contributed by atoms with Crippen LogP contribution < -0.4 is 9.64 Å². The molecule has 9 nitrogen and oxygen atoms in total. The van der Waals surface area contributed by atoms with Gasteiger partial charge < -0.3 is 14.4 Å². The summed E-state index contributed by atoms with van der Waals surface area (Å²) in [6.45, 7) is 2.99. The number of ether oxygens (including phenoxy) is 2. The highest BCUT2D eigenvalue weighted by molar-refractivity contribution is 7.90. The maximum absolute atomic E-state index is 11.8. The minimum absolute atomic E-state index is 0.299. The van der Waals surface area contributed by atoms with Gasteiger partial charge in [0.15, 0.2) is 9.84 Å². The molecule has 0 unspecified atom stereocenters. The van der Waals surface area contributed by atoms with Gasteiger partial charge in [-0.3, -0.25) is 0 Å². The van der Waals surface area contributed by atoms with Crippen LogP contribution in [0.1, 0.15) is 5.56 Å². The van der Waals surface area contributed by atoms with E-state index >= 15 is 0 Å². The molecule has 1 saturated heterocycles. The van der Waals surface area contributed by atoms with Crippen LogP contribution >= 0.6 is 0 Å². The second-order valence-electron chi connectivity index (χ2n) is 7.14. The Morgan fingerprint density at radius 1 is 1.10 bits per heavy atom. The third-order valence-electron chi connectivity index (χ3n) is 4.81. The molecule has 1 aromatic carbocycles.